The molecule has 0 saturated heterocycles. The van der Waals surface area contributed by atoms with E-state index in [1.807, 2.05) is 12.1 Å². The van der Waals surface area contributed by atoms with Crippen LogP contribution in [0.25, 0.3) is 0 Å². The van der Waals surface area contributed by atoms with Crippen LogP contribution in [0.3, 0.4) is 0 Å². The molecule has 2 aromatic carbocycles. The maximum absolute atomic E-state index is 6.82. The van der Waals surface area contributed by atoms with Crippen LogP contribution in [0.15, 0.2) is 42.5 Å². The molecule has 0 radical (unpaired) electrons. The average Bonchev–Trinajstić information content (AvgIpc) is 3.01. The van der Waals surface area contributed by atoms with Gasteiger partial charge in [-0.25, -0.2) is 0 Å². The second kappa shape index (κ2) is 5.36. The summed E-state index contributed by atoms with van der Waals surface area (Å²) in [4.78, 5) is 0. The summed E-state index contributed by atoms with van der Waals surface area (Å²) in [5.74, 6) is 1.28. The highest BCUT2D eigenvalue weighted by Crippen LogP contribution is 2.45. The Morgan fingerprint density at radius 2 is 1.90 bits per heavy atom. The van der Waals surface area contributed by atoms with Crippen molar-refractivity contribution < 1.29 is 9.47 Å². The summed E-state index contributed by atoms with van der Waals surface area (Å²) in [5, 5.41) is -0.0269. The van der Waals surface area contributed by atoms with E-state index in [1.165, 1.54) is 22.3 Å². The Balaban J connectivity index is 1.68. The molecule has 2 heterocycles. The summed E-state index contributed by atoms with van der Waals surface area (Å²) in [6.07, 6.45) is 0.957. The van der Waals surface area contributed by atoms with Gasteiger partial charge in [-0.1, -0.05) is 36.4 Å². The minimum absolute atomic E-state index is 0.0269. The topological polar surface area (TPSA) is 18.5 Å². The van der Waals surface area contributed by atoms with Crippen molar-refractivity contribution in [2.75, 3.05) is 6.61 Å². The first kappa shape index (κ1) is 13.2. The van der Waals surface area contributed by atoms with E-state index in [2.05, 4.69) is 30.3 Å². The van der Waals surface area contributed by atoms with Crippen LogP contribution in [0, 0.1) is 0 Å². The third kappa shape index (κ3) is 2.33. The number of para-hydroxylation sites is 1. The lowest BCUT2D eigenvalue weighted by atomic mass is 9.86. The molecule has 0 fully saturated rings. The van der Waals surface area contributed by atoms with Gasteiger partial charge in [0.05, 0.1) is 25.2 Å². The molecule has 21 heavy (non-hydrogen) atoms. The monoisotopic (exact) mass is 300 g/mol. The van der Waals surface area contributed by atoms with Gasteiger partial charge in [-0.2, -0.15) is 0 Å². The summed E-state index contributed by atoms with van der Waals surface area (Å²) in [5.41, 5.74) is 4.97. The predicted molar refractivity (Wildman–Crippen MR) is 82.8 cm³/mol. The van der Waals surface area contributed by atoms with Gasteiger partial charge < -0.3 is 9.47 Å². The number of benzene rings is 2. The van der Waals surface area contributed by atoms with Crippen molar-refractivity contribution in [2.45, 2.75) is 30.9 Å². The van der Waals surface area contributed by atoms with Crippen LogP contribution in [-0.4, -0.2) is 6.61 Å². The number of halogens is 1. The number of ether oxygens (including phenoxy) is 2. The Kier molecular flexibility index (Phi) is 3.36. The number of fused-ring (bicyclic) bond motifs is 2. The van der Waals surface area contributed by atoms with Gasteiger partial charge in [0.1, 0.15) is 5.75 Å². The molecule has 0 bridgehead atoms. The average molecular weight is 301 g/mol. The molecule has 0 N–H and O–H groups in total. The van der Waals surface area contributed by atoms with Crippen LogP contribution < -0.4 is 4.74 Å². The molecule has 2 atom stereocenters. The smallest absolute Gasteiger partial charge is 0.122 e. The molecule has 0 aliphatic carbocycles. The van der Waals surface area contributed by atoms with E-state index in [0.29, 0.717) is 12.5 Å². The van der Waals surface area contributed by atoms with E-state index in [0.717, 1.165) is 25.4 Å². The highest BCUT2D eigenvalue weighted by Gasteiger charge is 2.29. The first-order valence-corrected chi connectivity index (χ1v) is 7.82. The molecule has 0 amide bonds. The van der Waals surface area contributed by atoms with Gasteiger partial charge in [0.25, 0.3) is 0 Å². The molecule has 2 aromatic rings. The Morgan fingerprint density at radius 1 is 1.05 bits per heavy atom. The van der Waals surface area contributed by atoms with E-state index in [4.69, 9.17) is 21.1 Å². The lowest BCUT2D eigenvalue weighted by Crippen LogP contribution is -2.17. The zero-order valence-corrected chi connectivity index (χ0v) is 12.5. The van der Waals surface area contributed by atoms with E-state index >= 15 is 0 Å². The van der Waals surface area contributed by atoms with Crippen molar-refractivity contribution in [2.24, 2.45) is 0 Å². The van der Waals surface area contributed by atoms with Crippen molar-refractivity contribution >= 4 is 11.6 Å². The Bertz CT molecular complexity index is 668. The second-order valence-corrected chi connectivity index (χ2v) is 6.17. The molecule has 0 spiro atoms. The van der Waals surface area contributed by atoms with Gasteiger partial charge in [0.15, 0.2) is 0 Å². The molecule has 0 saturated carbocycles. The number of hydrogen-bond donors (Lipinski definition) is 0. The van der Waals surface area contributed by atoms with Crippen molar-refractivity contribution in [1.29, 1.82) is 0 Å². The van der Waals surface area contributed by atoms with Gasteiger partial charge in [-0.15, -0.1) is 11.6 Å². The molecule has 2 unspecified atom stereocenters. The lowest BCUT2D eigenvalue weighted by Gasteiger charge is -2.29. The van der Waals surface area contributed by atoms with Crippen LogP contribution in [0.2, 0.25) is 0 Å². The highest BCUT2D eigenvalue weighted by atomic mass is 35.5. The Hall–Kier alpha value is -1.51. The summed E-state index contributed by atoms with van der Waals surface area (Å²) in [7, 11) is 0. The molecule has 2 nitrogen and oxygen atoms in total. The van der Waals surface area contributed by atoms with E-state index in [9.17, 15) is 0 Å². The summed E-state index contributed by atoms with van der Waals surface area (Å²) < 4.78 is 11.2. The van der Waals surface area contributed by atoms with Gasteiger partial charge >= 0.3 is 0 Å². The minimum atomic E-state index is -0.0269. The van der Waals surface area contributed by atoms with Crippen molar-refractivity contribution in [3.05, 3.63) is 64.7 Å². The molecule has 3 heteroatoms. The summed E-state index contributed by atoms with van der Waals surface area (Å²) in [6, 6.07) is 14.7. The molecule has 2 aliphatic heterocycles. The first-order chi connectivity index (χ1) is 10.3. The van der Waals surface area contributed by atoms with E-state index in [1.54, 1.807) is 0 Å². The standard InChI is InChI=1S/C18H17ClO2/c19-18(12-5-6-13-10-20-11-14(13)9-12)16-7-8-21-17-4-2-1-3-15(16)17/h1-6,9,16,18H,7-8,10-11H2. The van der Waals surface area contributed by atoms with Gasteiger partial charge in [0, 0.05) is 5.92 Å². The highest BCUT2D eigenvalue weighted by molar-refractivity contribution is 6.21. The SMILES string of the molecule is ClC(c1ccc2c(c1)COC2)C1CCOc2ccccc21. The maximum Gasteiger partial charge on any atom is 0.122 e. The maximum atomic E-state index is 6.82. The predicted octanol–water partition coefficient (Wildman–Crippen LogP) is 4.56. The van der Waals surface area contributed by atoms with Crippen LogP contribution in [0.1, 0.15) is 40.0 Å². The van der Waals surface area contributed by atoms with Gasteiger partial charge in [-0.05, 0) is 34.7 Å². The third-order valence-electron chi connectivity index (χ3n) is 4.42. The minimum Gasteiger partial charge on any atom is -0.493 e. The van der Waals surface area contributed by atoms with Crippen LogP contribution in [-0.2, 0) is 18.0 Å². The largest absolute Gasteiger partial charge is 0.493 e. The molecule has 108 valence electrons. The molecule has 0 aromatic heterocycles. The van der Waals surface area contributed by atoms with E-state index in [-0.39, 0.29) is 5.38 Å². The lowest BCUT2D eigenvalue weighted by molar-refractivity contribution is 0.134. The molecule has 2 aliphatic rings. The van der Waals surface area contributed by atoms with Crippen molar-refractivity contribution in [1.82, 2.24) is 0 Å². The summed E-state index contributed by atoms with van der Waals surface area (Å²) >= 11 is 6.82. The number of hydrogen-bond acceptors (Lipinski definition) is 2. The fourth-order valence-electron chi connectivity index (χ4n) is 3.27. The quantitative estimate of drug-likeness (QED) is 0.757. The van der Waals surface area contributed by atoms with Crippen LogP contribution in [0.5, 0.6) is 5.75 Å². The molecule has 4 rings (SSSR count). The zero-order chi connectivity index (χ0) is 14.2. The third-order valence-corrected chi connectivity index (χ3v) is 4.98. The number of rotatable bonds is 2. The Labute approximate surface area is 129 Å². The fraction of sp³-hybridized carbons (Fsp3) is 0.333. The molecular weight excluding hydrogens is 284 g/mol. The fourth-order valence-corrected chi connectivity index (χ4v) is 3.67. The van der Waals surface area contributed by atoms with E-state index < -0.39 is 0 Å². The zero-order valence-electron chi connectivity index (χ0n) is 11.7. The number of alkyl halides is 1. The van der Waals surface area contributed by atoms with Crippen LogP contribution >= 0.6 is 11.6 Å². The van der Waals surface area contributed by atoms with Crippen molar-refractivity contribution in [3.63, 3.8) is 0 Å². The van der Waals surface area contributed by atoms with Crippen LogP contribution in [0.4, 0.5) is 0 Å². The molecular formula is C18H17ClO2. The van der Waals surface area contributed by atoms with Crippen molar-refractivity contribution in [3.8, 4) is 5.75 Å². The van der Waals surface area contributed by atoms with Gasteiger partial charge in [0.2, 0.25) is 0 Å². The summed E-state index contributed by atoms with van der Waals surface area (Å²) in [6.45, 7) is 2.17. The van der Waals surface area contributed by atoms with Gasteiger partial charge in [-0.3, -0.25) is 0 Å². The second-order valence-electron chi connectivity index (χ2n) is 5.70. The first-order valence-electron chi connectivity index (χ1n) is 7.38. The Morgan fingerprint density at radius 3 is 2.86 bits per heavy atom. The normalized spacial score (nSPS) is 21.3.